The van der Waals surface area contributed by atoms with E-state index in [2.05, 4.69) is 6.58 Å². The normalized spacial score (nSPS) is 11.1. The summed E-state index contributed by atoms with van der Waals surface area (Å²) in [5, 5.41) is 26.0. The fourth-order valence-electron chi connectivity index (χ4n) is 0.678. The van der Waals surface area contributed by atoms with E-state index < -0.39 is 24.6 Å². The largest absolute Gasteiger partial charge is 0.481 e. The Morgan fingerprint density at radius 2 is 1.91 bits per heavy atom. The highest BCUT2D eigenvalue weighted by molar-refractivity contribution is 5.75. The summed E-state index contributed by atoms with van der Waals surface area (Å²) >= 11 is 0. The highest BCUT2D eigenvalue weighted by Crippen LogP contribution is 2.21. The molecule has 4 nitrogen and oxygen atoms in total. The van der Waals surface area contributed by atoms with Crippen LogP contribution in [0.2, 0.25) is 0 Å². The van der Waals surface area contributed by atoms with E-state index in [1.807, 2.05) is 0 Å². The highest BCUT2D eigenvalue weighted by atomic mass is 16.4. The second-order valence-corrected chi connectivity index (χ2v) is 2.39. The van der Waals surface area contributed by atoms with Crippen LogP contribution in [-0.2, 0) is 4.79 Å². The van der Waals surface area contributed by atoms with Crippen molar-refractivity contribution in [3.05, 3.63) is 12.7 Å². The monoisotopic (exact) mass is 160 g/mol. The Kier molecular flexibility index (Phi) is 3.78. The number of hydrogen-bond donors (Lipinski definition) is 3. The van der Waals surface area contributed by atoms with Crippen LogP contribution in [0.15, 0.2) is 12.7 Å². The Labute approximate surface area is 64.8 Å². The zero-order valence-electron chi connectivity index (χ0n) is 6.16. The lowest BCUT2D eigenvalue weighted by Gasteiger charge is -2.22. The van der Waals surface area contributed by atoms with Crippen molar-refractivity contribution in [2.24, 2.45) is 5.41 Å². The van der Waals surface area contributed by atoms with Gasteiger partial charge in [0.05, 0.1) is 13.2 Å². The number of aliphatic carboxylic acids is 1. The van der Waals surface area contributed by atoms with Gasteiger partial charge in [0.15, 0.2) is 0 Å². The maximum atomic E-state index is 10.5. The third-order valence-corrected chi connectivity index (χ3v) is 1.59. The van der Waals surface area contributed by atoms with Crippen LogP contribution in [0, 0.1) is 5.41 Å². The Hall–Kier alpha value is -0.870. The number of aliphatic hydroxyl groups is 2. The third-order valence-electron chi connectivity index (χ3n) is 1.59. The zero-order chi connectivity index (χ0) is 8.91. The van der Waals surface area contributed by atoms with Gasteiger partial charge >= 0.3 is 5.97 Å². The first kappa shape index (κ1) is 10.1. The van der Waals surface area contributed by atoms with Crippen LogP contribution in [0.25, 0.3) is 0 Å². The van der Waals surface area contributed by atoms with E-state index in [1.165, 1.54) is 6.08 Å². The van der Waals surface area contributed by atoms with Crippen molar-refractivity contribution in [3.8, 4) is 0 Å². The van der Waals surface area contributed by atoms with Gasteiger partial charge in [0, 0.05) is 0 Å². The molecule has 0 aliphatic rings. The van der Waals surface area contributed by atoms with Crippen LogP contribution in [0.5, 0.6) is 0 Å². The SMILES string of the molecule is C=CCC(CO)(CO)C(=O)O. The summed E-state index contributed by atoms with van der Waals surface area (Å²) in [5.41, 5.74) is -1.46. The molecule has 0 heterocycles. The van der Waals surface area contributed by atoms with Gasteiger partial charge < -0.3 is 15.3 Å². The molecule has 0 unspecified atom stereocenters. The van der Waals surface area contributed by atoms with Crippen molar-refractivity contribution in [2.75, 3.05) is 13.2 Å². The van der Waals surface area contributed by atoms with Gasteiger partial charge in [-0.3, -0.25) is 4.79 Å². The zero-order valence-corrected chi connectivity index (χ0v) is 6.16. The minimum absolute atomic E-state index is 0.0648. The molecule has 0 aromatic carbocycles. The first-order valence-corrected chi connectivity index (χ1v) is 3.19. The minimum atomic E-state index is -1.46. The van der Waals surface area contributed by atoms with E-state index in [9.17, 15) is 4.79 Å². The van der Waals surface area contributed by atoms with Crippen LogP contribution in [-0.4, -0.2) is 34.5 Å². The van der Waals surface area contributed by atoms with Crippen molar-refractivity contribution in [3.63, 3.8) is 0 Å². The number of aliphatic hydroxyl groups excluding tert-OH is 2. The van der Waals surface area contributed by atoms with Crippen LogP contribution in [0.1, 0.15) is 6.42 Å². The van der Waals surface area contributed by atoms with Crippen LogP contribution in [0.3, 0.4) is 0 Å². The van der Waals surface area contributed by atoms with E-state index in [-0.39, 0.29) is 6.42 Å². The number of carboxylic acids is 1. The fraction of sp³-hybridized carbons (Fsp3) is 0.571. The van der Waals surface area contributed by atoms with E-state index in [0.29, 0.717) is 0 Å². The van der Waals surface area contributed by atoms with Gasteiger partial charge in [0.25, 0.3) is 0 Å². The predicted molar refractivity (Wildman–Crippen MR) is 39.1 cm³/mol. The molecule has 0 bridgehead atoms. The van der Waals surface area contributed by atoms with Gasteiger partial charge in [-0.15, -0.1) is 6.58 Å². The van der Waals surface area contributed by atoms with Crippen molar-refractivity contribution in [1.82, 2.24) is 0 Å². The molecule has 11 heavy (non-hydrogen) atoms. The Morgan fingerprint density at radius 1 is 1.45 bits per heavy atom. The van der Waals surface area contributed by atoms with E-state index in [1.54, 1.807) is 0 Å². The number of allylic oxidation sites excluding steroid dienone is 1. The lowest BCUT2D eigenvalue weighted by Crippen LogP contribution is -2.37. The molecular weight excluding hydrogens is 148 g/mol. The standard InChI is InChI=1S/C7H12O4/c1-2-3-7(4-8,5-9)6(10)11/h2,8-9H,1,3-5H2,(H,10,11). The highest BCUT2D eigenvalue weighted by Gasteiger charge is 2.35. The maximum absolute atomic E-state index is 10.5. The molecule has 0 spiro atoms. The average Bonchev–Trinajstić information content (AvgIpc) is 2.00. The van der Waals surface area contributed by atoms with Crippen LogP contribution in [0.4, 0.5) is 0 Å². The molecule has 0 saturated carbocycles. The lowest BCUT2D eigenvalue weighted by molar-refractivity contribution is -0.154. The van der Waals surface area contributed by atoms with E-state index in [0.717, 1.165) is 0 Å². The van der Waals surface area contributed by atoms with Crippen LogP contribution >= 0.6 is 0 Å². The predicted octanol–water partition coefficient (Wildman–Crippen LogP) is -0.382. The molecule has 0 aliphatic heterocycles. The van der Waals surface area contributed by atoms with Crippen molar-refractivity contribution in [1.29, 1.82) is 0 Å². The van der Waals surface area contributed by atoms with E-state index in [4.69, 9.17) is 15.3 Å². The molecule has 4 heteroatoms. The molecular formula is C7H12O4. The van der Waals surface area contributed by atoms with Gasteiger partial charge in [-0.2, -0.15) is 0 Å². The number of carboxylic acid groups (broad SMARTS) is 1. The first-order chi connectivity index (χ1) is 5.13. The molecule has 0 rings (SSSR count). The smallest absolute Gasteiger partial charge is 0.314 e. The molecule has 0 amide bonds. The number of rotatable bonds is 5. The average molecular weight is 160 g/mol. The molecule has 3 N–H and O–H groups in total. The van der Waals surface area contributed by atoms with Crippen molar-refractivity contribution in [2.45, 2.75) is 6.42 Å². The first-order valence-electron chi connectivity index (χ1n) is 3.19. The molecule has 0 radical (unpaired) electrons. The second kappa shape index (κ2) is 4.10. The van der Waals surface area contributed by atoms with Crippen molar-refractivity contribution < 1.29 is 20.1 Å². The molecule has 0 saturated heterocycles. The lowest BCUT2D eigenvalue weighted by atomic mass is 9.86. The second-order valence-electron chi connectivity index (χ2n) is 2.39. The van der Waals surface area contributed by atoms with Crippen molar-refractivity contribution >= 4 is 5.97 Å². The summed E-state index contributed by atoms with van der Waals surface area (Å²) in [6.45, 7) is 2.18. The molecule has 0 aromatic rings. The van der Waals surface area contributed by atoms with Gasteiger partial charge in [0.1, 0.15) is 5.41 Å². The summed E-state index contributed by atoms with van der Waals surface area (Å²) in [5.74, 6) is -1.21. The maximum Gasteiger partial charge on any atom is 0.314 e. The number of hydrogen-bond acceptors (Lipinski definition) is 3. The summed E-state index contributed by atoms with van der Waals surface area (Å²) in [4.78, 5) is 10.5. The topological polar surface area (TPSA) is 77.8 Å². The Morgan fingerprint density at radius 3 is 2.00 bits per heavy atom. The quantitative estimate of drug-likeness (QED) is 0.479. The number of carbonyl (C=O) groups is 1. The minimum Gasteiger partial charge on any atom is -0.481 e. The molecule has 64 valence electrons. The van der Waals surface area contributed by atoms with Gasteiger partial charge in [-0.25, -0.2) is 0 Å². The third kappa shape index (κ3) is 2.03. The summed E-state index contributed by atoms with van der Waals surface area (Å²) in [6, 6.07) is 0. The summed E-state index contributed by atoms with van der Waals surface area (Å²) in [6.07, 6.45) is 1.43. The van der Waals surface area contributed by atoms with E-state index >= 15 is 0 Å². The van der Waals surface area contributed by atoms with Gasteiger partial charge in [-0.05, 0) is 6.42 Å². The Balaban J connectivity index is 4.45. The fourth-order valence-corrected chi connectivity index (χ4v) is 0.678. The molecule has 0 aliphatic carbocycles. The van der Waals surface area contributed by atoms with Gasteiger partial charge in [0.2, 0.25) is 0 Å². The van der Waals surface area contributed by atoms with Crippen LogP contribution < -0.4 is 0 Å². The molecule has 0 atom stereocenters. The summed E-state index contributed by atoms with van der Waals surface area (Å²) in [7, 11) is 0. The molecule has 0 aromatic heterocycles. The molecule has 0 fully saturated rings. The van der Waals surface area contributed by atoms with Gasteiger partial charge in [-0.1, -0.05) is 6.08 Å². The Bertz CT molecular complexity index is 149. The summed E-state index contributed by atoms with van der Waals surface area (Å²) < 4.78 is 0.